The first-order valence-corrected chi connectivity index (χ1v) is 5.05. The second kappa shape index (κ2) is 4.77. The minimum Gasteiger partial charge on any atom is -0.317 e. The molecule has 1 aromatic heterocycles. The lowest BCUT2D eigenvalue weighted by Gasteiger charge is -1.81. The topological polar surface area (TPSA) is 40.7 Å². The van der Waals surface area contributed by atoms with E-state index in [0.717, 1.165) is 10.9 Å². The van der Waals surface area contributed by atoms with E-state index >= 15 is 0 Å². The summed E-state index contributed by atoms with van der Waals surface area (Å²) in [6, 6.07) is 8.01. The Morgan fingerprint density at radius 2 is 1.86 bits per heavy atom. The molecule has 1 aliphatic rings. The van der Waals surface area contributed by atoms with E-state index in [4.69, 9.17) is 0 Å². The van der Waals surface area contributed by atoms with Crippen molar-refractivity contribution in [3.63, 3.8) is 0 Å². The highest BCUT2D eigenvalue weighted by Crippen LogP contribution is 2.06. The molecule has 1 aromatic carbocycles. The van der Waals surface area contributed by atoms with Crippen LogP contribution in [0.25, 0.3) is 10.9 Å². The van der Waals surface area contributed by atoms with Crippen LogP contribution in [0.5, 0.6) is 0 Å². The number of aromatic nitrogens is 2. The van der Waals surface area contributed by atoms with Crippen LogP contribution in [-0.2, 0) is 0 Å². The molecule has 1 aliphatic heterocycles. The highest BCUT2D eigenvalue weighted by Gasteiger charge is 1.93. The number of hydrogen-bond acceptors (Lipinski definition) is 2. The van der Waals surface area contributed by atoms with Gasteiger partial charge in [0.05, 0.1) is 11.7 Å². The summed E-state index contributed by atoms with van der Waals surface area (Å²) in [6.07, 6.45) is 4.59. The lowest BCUT2D eigenvalue weighted by Crippen LogP contribution is -2.03. The lowest BCUT2D eigenvalue weighted by atomic mass is 10.3. The average Bonchev–Trinajstić information content (AvgIpc) is 2.92. The second-order valence-electron chi connectivity index (χ2n) is 3.41. The van der Waals surface area contributed by atoms with Gasteiger partial charge in [-0.05, 0) is 32.0 Å². The van der Waals surface area contributed by atoms with Crippen LogP contribution >= 0.6 is 0 Å². The summed E-state index contributed by atoms with van der Waals surface area (Å²) in [5, 5.41) is 11.1. The van der Waals surface area contributed by atoms with Crippen LogP contribution in [0.4, 0.5) is 0 Å². The molecule has 3 heteroatoms. The third-order valence-corrected chi connectivity index (χ3v) is 2.31. The molecule has 2 N–H and O–H groups in total. The number of H-pyrrole nitrogens is 1. The van der Waals surface area contributed by atoms with E-state index in [9.17, 15) is 0 Å². The molecule has 0 amide bonds. The van der Waals surface area contributed by atoms with Crippen molar-refractivity contribution in [2.75, 3.05) is 13.1 Å². The zero-order valence-corrected chi connectivity index (χ0v) is 8.16. The smallest absolute Gasteiger partial charge is 0.0650 e. The first-order valence-electron chi connectivity index (χ1n) is 5.05. The first kappa shape index (κ1) is 9.21. The Balaban J connectivity index is 0.000000128. The fourth-order valence-corrected chi connectivity index (χ4v) is 1.51. The maximum atomic E-state index is 3.88. The molecule has 1 fully saturated rings. The van der Waals surface area contributed by atoms with Crippen molar-refractivity contribution in [2.24, 2.45) is 0 Å². The van der Waals surface area contributed by atoms with Crippen molar-refractivity contribution in [2.45, 2.75) is 12.8 Å². The molecular weight excluding hydrogens is 174 g/mol. The van der Waals surface area contributed by atoms with Gasteiger partial charge in [0.25, 0.3) is 0 Å². The van der Waals surface area contributed by atoms with Crippen molar-refractivity contribution >= 4 is 10.9 Å². The predicted molar refractivity (Wildman–Crippen MR) is 58.2 cm³/mol. The van der Waals surface area contributed by atoms with Crippen LogP contribution in [0.15, 0.2) is 30.5 Å². The average molecular weight is 189 g/mol. The number of para-hydroxylation sites is 1. The molecule has 0 saturated carbocycles. The highest BCUT2D eigenvalue weighted by molar-refractivity contribution is 5.77. The molecule has 2 heterocycles. The zero-order valence-electron chi connectivity index (χ0n) is 8.16. The molecule has 3 rings (SSSR count). The SMILES string of the molecule is C1CCNC1.c1ccc2[nH]ncc2c1. The fraction of sp³-hybridized carbons (Fsp3) is 0.364. The molecule has 0 aliphatic carbocycles. The van der Waals surface area contributed by atoms with Crippen molar-refractivity contribution < 1.29 is 0 Å². The maximum Gasteiger partial charge on any atom is 0.0650 e. The highest BCUT2D eigenvalue weighted by atomic mass is 15.1. The van der Waals surface area contributed by atoms with Crippen LogP contribution in [0.2, 0.25) is 0 Å². The van der Waals surface area contributed by atoms with E-state index in [1.807, 2.05) is 30.5 Å². The summed E-state index contributed by atoms with van der Waals surface area (Å²) >= 11 is 0. The lowest BCUT2D eigenvalue weighted by molar-refractivity contribution is 0.857. The van der Waals surface area contributed by atoms with E-state index in [1.54, 1.807) is 0 Å². The number of rotatable bonds is 0. The third kappa shape index (κ3) is 2.33. The molecule has 1 saturated heterocycles. The number of nitrogens with one attached hydrogen (secondary N) is 2. The number of fused-ring (bicyclic) bond motifs is 1. The summed E-state index contributed by atoms with van der Waals surface area (Å²) < 4.78 is 0. The normalized spacial score (nSPS) is 15.1. The monoisotopic (exact) mass is 189 g/mol. The van der Waals surface area contributed by atoms with Crippen LogP contribution in [-0.4, -0.2) is 23.3 Å². The summed E-state index contributed by atoms with van der Waals surface area (Å²) in [4.78, 5) is 0. The first-order chi connectivity index (χ1) is 6.97. The van der Waals surface area contributed by atoms with E-state index < -0.39 is 0 Å². The number of nitrogens with zero attached hydrogens (tertiary/aromatic N) is 1. The van der Waals surface area contributed by atoms with Gasteiger partial charge in [0.15, 0.2) is 0 Å². The quantitative estimate of drug-likeness (QED) is 0.665. The van der Waals surface area contributed by atoms with Crippen molar-refractivity contribution in [3.8, 4) is 0 Å². The molecule has 0 radical (unpaired) electrons. The molecule has 0 spiro atoms. The standard InChI is InChI=1S/C7H6N2.C4H9N/c1-2-4-7-6(3-1)5-8-9-7;1-2-4-5-3-1/h1-5H,(H,8,9);5H,1-4H2. The summed E-state index contributed by atoms with van der Waals surface area (Å²) in [6.45, 7) is 2.50. The van der Waals surface area contributed by atoms with E-state index in [2.05, 4.69) is 15.5 Å². The van der Waals surface area contributed by atoms with Gasteiger partial charge in [-0.3, -0.25) is 5.10 Å². The molecule has 0 atom stereocenters. The van der Waals surface area contributed by atoms with Gasteiger partial charge >= 0.3 is 0 Å². The van der Waals surface area contributed by atoms with Gasteiger partial charge in [-0.25, -0.2) is 0 Å². The van der Waals surface area contributed by atoms with Gasteiger partial charge in [0.1, 0.15) is 0 Å². The Morgan fingerprint density at radius 3 is 2.50 bits per heavy atom. The van der Waals surface area contributed by atoms with Crippen molar-refractivity contribution in [3.05, 3.63) is 30.5 Å². The van der Waals surface area contributed by atoms with Gasteiger partial charge < -0.3 is 5.32 Å². The molecule has 0 bridgehead atoms. The Hall–Kier alpha value is -1.35. The molecular formula is C11H15N3. The minimum absolute atomic E-state index is 1.09. The Bertz CT molecular complexity index is 339. The van der Waals surface area contributed by atoms with Crippen molar-refractivity contribution in [1.29, 1.82) is 0 Å². The number of hydrogen-bond donors (Lipinski definition) is 2. The fourth-order valence-electron chi connectivity index (χ4n) is 1.51. The summed E-state index contributed by atoms with van der Waals surface area (Å²) in [7, 11) is 0. The maximum absolute atomic E-state index is 3.88. The number of benzene rings is 1. The Morgan fingerprint density at radius 1 is 1.07 bits per heavy atom. The third-order valence-electron chi connectivity index (χ3n) is 2.31. The van der Waals surface area contributed by atoms with E-state index in [-0.39, 0.29) is 0 Å². The molecule has 14 heavy (non-hydrogen) atoms. The van der Waals surface area contributed by atoms with Gasteiger partial charge in [-0.1, -0.05) is 18.2 Å². The molecule has 3 nitrogen and oxygen atoms in total. The van der Waals surface area contributed by atoms with E-state index in [1.165, 1.54) is 25.9 Å². The zero-order chi connectivity index (χ0) is 9.64. The summed E-state index contributed by atoms with van der Waals surface area (Å²) in [5.74, 6) is 0. The largest absolute Gasteiger partial charge is 0.317 e. The van der Waals surface area contributed by atoms with Gasteiger partial charge in [-0.2, -0.15) is 5.10 Å². The Labute approximate surface area is 83.5 Å². The van der Waals surface area contributed by atoms with Crippen LogP contribution in [0.3, 0.4) is 0 Å². The predicted octanol–water partition coefficient (Wildman–Crippen LogP) is 1.93. The van der Waals surface area contributed by atoms with E-state index in [0.29, 0.717) is 0 Å². The van der Waals surface area contributed by atoms with Crippen molar-refractivity contribution in [1.82, 2.24) is 15.5 Å². The minimum atomic E-state index is 1.09. The number of aromatic amines is 1. The van der Waals surface area contributed by atoms with Gasteiger partial charge in [-0.15, -0.1) is 0 Å². The van der Waals surface area contributed by atoms with Gasteiger partial charge in [0, 0.05) is 5.39 Å². The second-order valence-corrected chi connectivity index (χ2v) is 3.41. The van der Waals surface area contributed by atoms with Crippen LogP contribution in [0, 0.1) is 0 Å². The summed E-state index contributed by atoms with van der Waals surface area (Å²) in [5.41, 5.74) is 1.09. The van der Waals surface area contributed by atoms with Crippen LogP contribution in [0.1, 0.15) is 12.8 Å². The molecule has 2 aromatic rings. The molecule has 0 unspecified atom stereocenters. The Kier molecular flexibility index (Phi) is 3.14. The van der Waals surface area contributed by atoms with Gasteiger partial charge in [0.2, 0.25) is 0 Å². The van der Waals surface area contributed by atoms with Crippen LogP contribution < -0.4 is 5.32 Å². The molecule has 74 valence electrons.